The van der Waals surface area contributed by atoms with E-state index in [0.717, 1.165) is 22.4 Å². The quantitative estimate of drug-likeness (QED) is 0.488. The summed E-state index contributed by atoms with van der Waals surface area (Å²) in [4.78, 5) is 36.2. The molecular weight excluding hydrogens is 420 g/mol. The lowest BCUT2D eigenvalue weighted by Crippen LogP contribution is -2.35. The fourth-order valence-corrected chi connectivity index (χ4v) is 3.07. The van der Waals surface area contributed by atoms with Crippen LogP contribution < -0.4 is 15.4 Å². The molecule has 0 unspecified atom stereocenters. The number of carbonyl (C=O) groups is 3. The molecule has 7 nitrogen and oxygen atoms in total. The summed E-state index contributed by atoms with van der Waals surface area (Å²) < 4.78 is 10.7. The van der Waals surface area contributed by atoms with Gasteiger partial charge in [0.15, 0.2) is 6.61 Å². The molecule has 0 aliphatic carbocycles. The average Bonchev–Trinajstić information content (AvgIpc) is 2.83. The molecule has 170 valence electrons. The van der Waals surface area contributed by atoms with E-state index < -0.39 is 18.5 Å². The zero-order chi connectivity index (χ0) is 23.6. The van der Waals surface area contributed by atoms with Gasteiger partial charge < -0.3 is 20.1 Å². The molecule has 0 bridgehead atoms. The Labute approximate surface area is 192 Å². The highest BCUT2D eigenvalue weighted by atomic mass is 16.5. The van der Waals surface area contributed by atoms with Crippen molar-refractivity contribution in [3.63, 3.8) is 0 Å². The maximum absolute atomic E-state index is 12.2. The van der Waals surface area contributed by atoms with E-state index in [1.54, 1.807) is 24.3 Å². The molecule has 0 spiro atoms. The van der Waals surface area contributed by atoms with Crippen LogP contribution in [0, 0.1) is 13.8 Å². The Morgan fingerprint density at radius 1 is 0.788 bits per heavy atom. The van der Waals surface area contributed by atoms with Crippen molar-refractivity contribution in [2.75, 3.05) is 18.5 Å². The fraction of sp³-hybridized carbons (Fsp3) is 0.192. The van der Waals surface area contributed by atoms with Gasteiger partial charge in [-0.15, -0.1) is 0 Å². The van der Waals surface area contributed by atoms with Crippen LogP contribution in [0.2, 0.25) is 0 Å². The van der Waals surface area contributed by atoms with Gasteiger partial charge in [-0.3, -0.25) is 9.59 Å². The van der Waals surface area contributed by atoms with E-state index in [-0.39, 0.29) is 12.5 Å². The smallest absolute Gasteiger partial charge is 0.338 e. The summed E-state index contributed by atoms with van der Waals surface area (Å²) >= 11 is 0. The third-order valence-electron chi connectivity index (χ3n) is 4.86. The summed E-state index contributed by atoms with van der Waals surface area (Å²) in [6.45, 7) is 3.49. The van der Waals surface area contributed by atoms with Crippen LogP contribution in [-0.4, -0.2) is 30.9 Å². The van der Waals surface area contributed by atoms with E-state index >= 15 is 0 Å². The summed E-state index contributed by atoms with van der Waals surface area (Å²) in [5, 5.41) is 5.22. The van der Waals surface area contributed by atoms with Gasteiger partial charge in [-0.05, 0) is 54.8 Å². The Balaban J connectivity index is 1.39. The molecule has 0 radical (unpaired) electrons. The molecule has 0 fully saturated rings. The molecule has 0 aromatic heterocycles. The zero-order valence-corrected chi connectivity index (χ0v) is 18.6. The minimum absolute atomic E-state index is 0.225. The highest BCUT2D eigenvalue weighted by molar-refractivity contribution is 5.96. The Morgan fingerprint density at radius 2 is 1.45 bits per heavy atom. The number of amides is 2. The van der Waals surface area contributed by atoms with Crippen LogP contribution in [0.5, 0.6) is 5.75 Å². The minimum atomic E-state index is -0.639. The number of anilines is 1. The maximum atomic E-state index is 12.2. The number of rotatable bonds is 9. The molecule has 2 N–H and O–H groups in total. The van der Waals surface area contributed by atoms with E-state index in [4.69, 9.17) is 9.47 Å². The highest BCUT2D eigenvalue weighted by Gasteiger charge is 2.12. The maximum Gasteiger partial charge on any atom is 0.338 e. The molecule has 0 atom stereocenters. The van der Waals surface area contributed by atoms with Crippen molar-refractivity contribution in [2.45, 2.75) is 20.5 Å². The lowest BCUT2D eigenvalue weighted by molar-refractivity contribution is -0.126. The number of ether oxygens (including phenoxy) is 2. The second-order valence-electron chi connectivity index (χ2n) is 7.47. The number of carbonyl (C=O) groups excluding carboxylic acids is 3. The van der Waals surface area contributed by atoms with Crippen molar-refractivity contribution in [3.8, 4) is 5.75 Å². The van der Waals surface area contributed by atoms with Crippen LogP contribution in [0.4, 0.5) is 5.69 Å². The number of esters is 1. The molecule has 3 aromatic rings. The number of para-hydroxylation sites is 1. The SMILES string of the molecule is Cc1cccc(C)c1NC(=O)CNC(=O)COC(=O)c1ccc(OCc2ccccc2)cc1. The third-order valence-corrected chi connectivity index (χ3v) is 4.86. The number of benzene rings is 3. The number of hydrogen-bond donors (Lipinski definition) is 2. The van der Waals surface area contributed by atoms with Crippen molar-refractivity contribution in [3.05, 3.63) is 95.1 Å². The lowest BCUT2D eigenvalue weighted by atomic mass is 10.1. The summed E-state index contributed by atoms with van der Waals surface area (Å²) in [7, 11) is 0. The average molecular weight is 447 g/mol. The van der Waals surface area contributed by atoms with Crippen molar-refractivity contribution in [1.29, 1.82) is 0 Å². The van der Waals surface area contributed by atoms with Gasteiger partial charge in [0, 0.05) is 5.69 Å². The number of aryl methyl sites for hydroxylation is 2. The second-order valence-corrected chi connectivity index (χ2v) is 7.47. The summed E-state index contributed by atoms with van der Waals surface area (Å²) in [5.74, 6) is -0.955. The van der Waals surface area contributed by atoms with Crippen molar-refractivity contribution >= 4 is 23.5 Å². The first-order chi connectivity index (χ1) is 15.9. The predicted octanol–water partition coefficient (Wildman–Crippen LogP) is 3.79. The van der Waals surface area contributed by atoms with Crippen molar-refractivity contribution in [2.24, 2.45) is 0 Å². The topological polar surface area (TPSA) is 93.7 Å². The minimum Gasteiger partial charge on any atom is -0.489 e. The van der Waals surface area contributed by atoms with E-state index in [2.05, 4.69) is 10.6 Å². The molecule has 0 saturated heterocycles. The first-order valence-electron chi connectivity index (χ1n) is 10.5. The van der Waals surface area contributed by atoms with Gasteiger partial charge in [0.25, 0.3) is 5.91 Å². The fourth-order valence-electron chi connectivity index (χ4n) is 3.07. The van der Waals surface area contributed by atoms with Gasteiger partial charge in [-0.1, -0.05) is 48.5 Å². The van der Waals surface area contributed by atoms with Crippen molar-refractivity contribution < 1.29 is 23.9 Å². The van der Waals surface area contributed by atoms with Gasteiger partial charge in [0.1, 0.15) is 12.4 Å². The molecule has 0 aliphatic heterocycles. The molecule has 2 amide bonds. The largest absolute Gasteiger partial charge is 0.489 e. The monoisotopic (exact) mass is 446 g/mol. The van der Waals surface area contributed by atoms with E-state index in [1.165, 1.54) is 0 Å². The van der Waals surface area contributed by atoms with Gasteiger partial charge >= 0.3 is 5.97 Å². The third kappa shape index (κ3) is 7.21. The standard InChI is InChI=1S/C26H26N2O5/c1-18-7-6-8-19(2)25(18)28-23(29)15-27-24(30)17-33-26(31)21-11-13-22(14-12-21)32-16-20-9-4-3-5-10-20/h3-14H,15-17H2,1-2H3,(H,27,30)(H,28,29). The molecule has 0 aliphatic rings. The first-order valence-corrected chi connectivity index (χ1v) is 10.5. The lowest BCUT2D eigenvalue weighted by Gasteiger charge is -2.12. The first kappa shape index (κ1) is 23.5. The van der Waals surface area contributed by atoms with Crippen molar-refractivity contribution in [1.82, 2.24) is 5.32 Å². The summed E-state index contributed by atoms with van der Waals surface area (Å²) in [5.41, 5.74) is 3.91. The molecule has 3 rings (SSSR count). The molecule has 33 heavy (non-hydrogen) atoms. The van der Waals surface area contributed by atoms with E-state index in [1.807, 2.05) is 62.4 Å². The van der Waals surface area contributed by atoms with Gasteiger partial charge in [-0.25, -0.2) is 4.79 Å². The van der Waals surface area contributed by atoms with E-state index in [0.29, 0.717) is 17.9 Å². The number of nitrogens with one attached hydrogen (secondary N) is 2. The highest BCUT2D eigenvalue weighted by Crippen LogP contribution is 2.19. The zero-order valence-electron chi connectivity index (χ0n) is 18.6. The summed E-state index contributed by atoms with van der Waals surface area (Å²) in [6.07, 6.45) is 0. The summed E-state index contributed by atoms with van der Waals surface area (Å²) in [6, 6.07) is 21.9. The van der Waals surface area contributed by atoms with Gasteiger partial charge in [0.2, 0.25) is 5.91 Å². The Kier molecular flexibility index (Phi) is 8.18. The van der Waals surface area contributed by atoms with Crippen LogP contribution in [0.1, 0.15) is 27.0 Å². The van der Waals surface area contributed by atoms with Gasteiger partial charge in [-0.2, -0.15) is 0 Å². The molecule has 7 heteroatoms. The second kappa shape index (κ2) is 11.5. The normalized spacial score (nSPS) is 10.2. The Bertz CT molecular complexity index is 1090. The Hall–Kier alpha value is -4.13. The van der Waals surface area contributed by atoms with Crippen LogP contribution in [0.15, 0.2) is 72.8 Å². The van der Waals surface area contributed by atoms with E-state index in [9.17, 15) is 14.4 Å². The molecule has 3 aromatic carbocycles. The Morgan fingerprint density at radius 3 is 2.12 bits per heavy atom. The van der Waals surface area contributed by atoms with Crippen LogP contribution in [0.3, 0.4) is 0 Å². The number of hydrogen-bond acceptors (Lipinski definition) is 5. The van der Waals surface area contributed by atoms with Gasteiger partial charge in [0.05, 0.1) is 12.1 Å². The van der Waals surface area contributed by atoms with Crippen LogP contribution in [-0.2, 0) is 20.9 Å². The molecule has 0 heterocycles. The van der Waals surface area contributed by atoms with Crippen LogP contribution in [0.25, 0.3) is 0 Å². The molecular formula is C26H26N2O5. The predicted molar refractivity (Wildman–Crippen MR) is 125 cm³/mol. The molecule has 0 saturated carbocycles. The van der Waals surface area contributed by atoms with Crippen LogP contribution >= 0.6 is 0 Å².